The largest absolute Gasteiger partial charge is 0.321 e. The number of halogens is 2. The van der Waals surface area contributed by atoms with E-state index in [9.17, 15) is 19.2 Å². The quantitative estimate of drug-likeness (QED) is 0.386. The van der Waals surface area contributed by atoms with Crippen molar-refractivity contribution in [2.75, 3.05) is 10.2 Å². The minimum absolute atomic E-state index is 0.182. The minimum atomic E-state index is -0.640. The number of anilines is 2. The lowest BCUT2D eigenvalue weighted by Gasteiger charge is -2.18. The number of carbonyl (C=O) groups excluding carboxylic acids is 2. The smallest absolute Gasteiger partial charge is 0.269 e. The molecule has 0 unspecified atom stereocenters. The molecule has 4 rings (SSSR count). The van der Waals surface area contributed by atoms with Crippen LogP contribution < -0.4 is 10.2 Å². The van der Waals surface area contributed by atoms with Gasteiger partial charge in [-0.3, -0.25) is 14.5 Å². The number of carbonyl (C=O) groups is 2. The predicted molar refractivity (Wildman–Crippen MR) is 128 cm³/mol. The van der Waals surface area contributed by atoms with E-state index in [2.05, 4.69) is 5.32 Å². The number of hydrogen-bond donors (Lipinski definition) is 1. The van der Waals surface area contributed by atoms with E-state index < -0.39 is 11.2 Å². The highest BCUT2D eigenvalue weighted by Crippen LogP contribution is 2.42. The number of amides is 2. The van der Waals surface area contributed by atoms with Crippen LogP contribution in [0.25, 0.3) is 0 Å². The van der Waals surface area contributed by atoms with Crippen molar-refractivity contribution in [3.05, 3.63) is 106 Å². The van der Waals surface area contributed by atoms with Crippen molar-refractivity contribution < 1.29 is 14.0 Å². The molecule has 164 valence electrons. The molecule has 8 heteroatoms. The van der Waals surface area contributed by atoms with E-state index in [1.807, 2.05) is 12.1 Å². The molecule has 5 nitrogen and oxygen atoms in total. The number of para-hydroxylation sites is 1. The van der Waals surface area contributed by atoms with Crippen LogP contribution in [0.1, 0.15) is 5.56 Å². The van der Waals surface area contributed by atoms with Crippen molar-refractivity contribution in [1.29, 1.82) is 5.26 Å². The Labute approximate surface area is 199 Å². The molecular weight excluding hydrogens is 461 g/mol. The van der Waals surface area contributed by atoms with Crippen LogP contribution in [0, 0.1) is 17.1 Å². The lowest BCUT2D eigenvalue weighted by Crippen LogP contribution is -2.30. The first-order valence-electron chi connectivity index (χ1n) is 9.97. The molecule has 3 aromatic rings. The molecule has 33 heavy (non-hydrogen) atoms. The monoisotopic (exact) mass is 477 g/mol. The highest BCUT2D eigenvalue weighted by Gasteiger charge is 2.40. The second-order valence-corrected chi connectivity index (χ2v) is 8.83. The molecule has 0 saturated carbocycles. The maximum atomic E-state index is 13.4. The van der Waals surface area contributed by atoms with E-state index in [1.165, 1.54) is 17.0 Å². The summed E-state index contributed by atoms with van der Waals surface area (Å²) in [5, 5.41) is 12.6. The van der Waals surface area contributed by atoms with Gasteiger partial charge in [-0.2, -0.15) is 5.26 Å². The fraction of sp³-hybridized carbons (Fsp3) is 0.0800. The standard InChI is InChI=1S/C25H17ClFN3O2S/c26-17-5-4-6-19(14-17)29-23(31)21(15-28)25-30(20-7-2-1-3-8-20)24(32)22(33-25)13-16-9-11-18(27)12-10-16/h1-12,14,22H,13H2,(H,29,31)/b25-21+/t22-/m0/s1. The second kappa shape index (κ2) is 9.90. The van der Waals surface area contributed by atoms with Gasteiger partial charge in [0.15, 0.2) is 0 Å². The molecule has 1 N–H and O–H groups in total. The van der Waals surface area contributed by atoms with Gasteiger partial charge in [0.25, 0.3) is 5.91 Å². The maximum Gasteiger partial charge on any atom is 0.269 e. The van der Waals surface area contributed by atoms with E-state index in [0.717, 1.165) is 17.3 Å². The zero-order chi connectivity index (χ0) is 23.4. The summed E-state index contributed by atoms with van der Waals surface area (Å²) in [4.78, 5) is 27.8. The molecule has 1 fully saturated rings. The van der Waals surface area contributed by atoms with Gasteiger partial charge in [0.05, 0.1) is 5.25 Å². The van der Waals surface area contributed by atoms with Crippen molar-refractivity contribution in [2.45, 2.75) is 11.7 Å². The van der Waals surface area contributed by atoms with Gasteiger partial charge in [0.2, 0.25) is 5.91 Å². The summed E-state index contributed by atoms with van der Waals surface area (Å²) in [7, 11) is 0. The molecule has 1 saturated heterocycles. The summed E-state index contributed by atoms with van der Waals surface area (Å²) < 4.78 is 13.3. The summed E-state index contributed by atoms with van der Waals surface area (Å²) in [6.07, 6.45) is 0.325. The van der Waals surface area contributed by atoms with Crippen molar-refractivity contribution in [3.8, 4) is 6.07 Å². The molecule has 1 heterocycles. The van der Waals surface area contributed by atoms with Crippen LogP contribution >= 0.6 is 23.4 Å². The van der Waals surface area contributed by atoms with E-state index in [-0.39, 0.29) is 22.3 Å². The van der Waals surface area contributed by atoms with Crippen molar-refractivity contribution in [3.63, 3.8) is 0 Å². The number of hydrogen-bond acceptors (Lipinski definition) is 4. The van der Waals surface area contributed by atoms with Crippen molar-refractivity contribution in [2.24, 2.45) is 0 Å². The molecule has 0 aromatic heterocycles. The van der Waals surface area contributed by atoms with Crippen LogP contribution in [0.3, 0.4) is 0 Å². The molecular formula is C25H17ClFN3O2S. The third kappa shape index (κ3) is 5.08. The van der Waals surface area contributed by atoms with E-state index in [4.69, 9.17) is 11.6 Å². The Bertz CT molecular complexity index is 1270. The number of thioether (sulfide) groups is 1. The third-order valence-electron chi connectivity index (χ3n) is 4.94. The van der Waals surface area contributed by atoms with Gasteiger partial charge in [-0.25, -0.2) is 4.39 Å². The summed E-state index contributed by atoms with van der Waals surface area (Å²) >= 11 is 7.14. The molecule has 0 bridgehead atoms. The normalized spacial score (nSPS) is 16.9. The fourth-order valence-electron chi connectivity index (χ4n) is 3.39. The SMILES string of the molecule is N#C/C(C(=O)Nc1cccc(Cl)c1)=C1\S[C@@H](Cc2ccc(F)cc2)C(=O)N1c1ccccc1. The van der Waals surface area contributed by atoms with Gasteiger partial charge in [0, 0.05) is 16.4 Å². The van der Waals surface area contributed by atoms with Crippen LogP contribution in [0.15, 0.2) is 89.5 Å². The zero-order valence-corrected chi connectivity index (χ0v) is 18.7. The molecule has 0 radical (unpaired) electrons. The molecule has 0 aliphatic carbocycles. The predicted octanol–water partition coefficient (Wildman–Crippen LogP) is 5.54. The van der Waals surface area contributed by atoms with Gasteiger partial charge in [-0.05, 0) is 54.4 Å². The van der Waals surface area contributed by atoms with Crippen LogP contribution in [-0.2, 0) is 16.0 Å². The summed E-state index contributed by atoms with van der Waals surface area (Å²) in [6.45, 7) is 0. The Hall–Kier alpha value is -3.60. The first-order valence-corrected chi connectivity index (χ1v) is 11.2. The zero-order valence-electron chi connectivity index (χ0n) is 17.2. The van der Waals surface area contributed by atoms with E-state index in [0.29, 0.717) is 22.8 Å². The van der Waals surface area contributed by atoms with Crippen molar-refractivity contribution >= 4 is 46.6 Å². The van der Waals surface area contributed by atoms with E-state index in [1.54, 1.807) is 60.7 Å². The third-order valence-corrected chi connectivity index (χ3v) is 6.43. The number of nitrogens with zero attached hydrogens (tertiary/aromatic N) is 2. The van der Waals surface area contributed by atoms with Crippen LogP contribution in [0.2, 0.25) is 5.02 Å². The summed E-state index contributed by atoms with van der Waals surface area (Å²) in [5.74, 6) is -1.26. The highest BCUT2D eigenvalue weighted by atomic mass is 35.5. The number of nitriles is 1. The number of nitrogens with one attached hydrogen (secondary N) is 1. The molecule has 1 aliphatic rings. The van der Waals surface area contributed by atoms with Gasteiger partial charge < -0.3 is 5.32 Å². The van der Waals surface area contributed by atoms with Crippen LogP contribution in [0.4, 0.5) is 15.8 Å². The van der Waals surface area contributed by atoms with Crippen LogP contribution in [-0.4, -0.2) is 17.1 Å². The molecule has 1 aliphatic heterocycles. The first kappa shape index (κ1) is 22.6. The Kier molecular flexibility index (Phi) is 6.78. The van der Waals surface area contributed by atoms with Gasteiger partial charge in [-0.15, -0.1) is 0 Å². The van der Waals surface area contributed by atoms with Gasteiger partial charge >= 0.3 is 0 Å². The Balaban J connectivity index is 1.71. The van der Waals surface area contributed by atoms with Gasteiger partial charge in [0.1, 0.15) is 22.5 Å². The summed E-state index contributed by atoms with van der Waals surface area (Å²) in [5.41, 5.74) is 1.58. The van der Waals surface area contributed by atoms with Gasteiger partial charge in [-0.1, -0.05) is 59.8 Å². The lowest BCUT2D eigenvalue weighted by atomic mass is 10.1. The van der Waals surface area contributed by atoms with E-state index >= 15 is 0 Å². The molecule has 2 amide bonds. The highest BCUT2D eigenvalue weighted by molar-refractivity contribution is 8.05. The van der Waals surface area contributed by atoms with Crippen molar-refractivity contribution in [1.82, 2.24) is 0 Å². The number of benzene rings is 3. The Morgan fingerprint density at radius 1 is 1.09 bits per heavy atom. The summed E-state index contributed by atoms with van der Waals surface area (Å²) in [6, 6.07) is 23.3. The fourth-order valence-corrected chi connectivity index (χ4v) is 4.89. The number of rotatable bonds is 5. The molecule has 3 aromatic carbocycles. The first-order chi connectivity index (χ1) is 16.0. The minimum Gasteiger partial charge on any atom is -0.321 e. The molecule has 0 spiro atoms. The topological polar surface area (TPSA) is 73.2 Å². The maximum absolute atomic E-state index is 13.4. The molecule has 1 atom stereocenters. The Morgan fingerprint density at radius 2 is 1.82 bits per heavy atom. The lowest BCUT2D eigenvalue weighted by molar-refractivity contribution is -0.117. The Morgan fingerprint density at radius 3 is 2.48 bits per heavy atom. The van der Waals surface area contributed by atoms with Crippen LogP contribution in [0.5, 0.6) is 0 Å². The second-order valence-electron chi connectivity index (χ2n) is 7.20. The average Bonchev–Trinajstić information content (AvgIpc) is 3.12. The average molecular weight is 478 g/mol.